The molecule has 34 heavy (non-hydrogen) atoms. The fraction of sp³-hybridized carbons (Fsp3) is 0.280. The number of rotatable bonds is 4. The second kappa shape index (κ2) is 9.14. The topological polar surface area (TPSA) is 80.6 Å². The van der Waals surface area contributed by atoms with Crippen LogP contribution in [0.5, 0.6) is 5.75 Å². The van der Waals surface area contributed by atoms with Crippen molar-refractivity contribution < 1.29 is 32.2 Å². The molecule has 3 rings (SSSR count). The number of hydrogen-bond donors (Lipinski definition) is 1. The van der Waals surface area contributed by atoms with Crippen molar-refractivity contribution in [2.24, 2.45) is 0 Å². The van der Waals surface area contributed by atoms with Crippen molar-refractivity contribution in [3.05, 3.63) is 77.4 Å². The molecular formula is C25H23F3N2O4. The number of carbonyl (C=O) groups excluding carboxylic acids is 1. The molecular weight excluding hydrogens is 449 g/mol. The van der Waals surface area contributed by atoms with Gasteiger partial charge in [-0.2, -0.15) is 18.4 Å². The molecule has 0 bridgehead atoms. The van der Waals surface area contributed by atoms with Gasteiger partial charge in [0.25, 0.3) is 0 Å². The molecule has 1 amide bonds. The van der Waals surface area contributed by atoms with Crippen LogP contribution in [0, 0.1) is 11.3 Å². The van der Waals surface area contributed by atoms with Gasteiger partial charge in [0.1, 0.15) is 28.8 Å². The first kappa shape index (κ1) is 24.7. The maximum Gasteiger partial charge on any atom is 0.420 e. The zero-order chi connectivity index (χ0) is 25.1. The van der Waals surface area contributed by atoms with Crippen LogP contribution in [0.2, 0.25) is 0 Å². The quantitative estimate of drug-likeness (QED) is 0.606. The Bertz CT molecular complexity index is 1160. The van der Waals surface area contributed by atoms with Gasteiger partial charge in [0, 0.05) is 11.1 Å². The van der Waals surface area contributed by atoms with E-state index in [1.165, 1.54) is 52.1 Å². The summed E-state index contributed by atoms with van der Waals surface area (Å²) in [6.07, 6.45) is -5.77. The van der Waals surface area contributed by atoms with Crippen molar-refractivity contribution >= 4 is 17.6 Å². The van der Waals surface area contributed by atoms with E-state index in [2.05, 4.69) is 0 Å². The summed E-state index contributed by atoms with van der Waals surface area (Å²) in [6.45, 7) is 4.56. The molecule has 0 fully saturated rings. The average Bonchev–Trinajstić information content (AvgIpc) is 2.77. The predicted octanol–water partition coefficient (Wildman–Crippen LogP) is 5.83. The monoisotopic (exact) mass is 472 g/mol. The van der Waals surface area contributed by atoms with Crippen LogP contribution < -0.4 is 10.1 Å². The first-order chi connectivity index (χ1) is 15.9. The van der Waals surface area contributed by atoms with E-state index in [-0.39, 0.29) is 22.6 Å². The van der Waals surface area contributed by atoms with Crippen molar-refractivity contribution in [3.8, 4) is 11.8 Å². The summed E-state index contributed by atoms with van der Waals surface area (Å²) in [5.74, 6) is -0.0376. The van der Waals surface area contributed by atoms with E-state index in [0.717, 1.165) is 0 Å². The van der Waals surface area contributed by atoms with E-state index in [4.69, 9.17) is 14.2 Å². The summed E-state index contributed by atoms with van der Waals surface area (Å²) >= 11 is 0. The number of alkyl carbamates (subject to hydrolysis) is 1. The lowest BCUT2D eigenvalue weighted by Crippen LogP contribution is -2.60. The Balaban J connectivity index is 2.27. The van der Waals surface area contributed by atoms with Crippen LogP contribution >= 0.6 is 0 Å². The van der Waals surface area contributed by atoms with Gasteiger partial charge in [-0.15, -0.1) is 0 Å². The molecule has 1 aliphatic rings. The summed E-state index contributed by atoms with van der Waals surface area (Å²) in [7, 11) is 1.46. The van der Waals surface area contributed by atoms with E-state index < -0.39 is 29.0 Å². The van der Waals surface area contributed by atoms with E-state index in [1.54, 1.807) is 36.4 Å². The van der Waals surface area contributed by atoms with Gasteiger partial charge in [0.15, 0.2) is 5.76 Å². The van der Waals surface area contributed by atoms with Crippen LogP contribution in [-0.4, -0.2) is 30.5 Å². The molecule has 9 heteroatoms. The Morgan fingerprint density at radius 2 is 1.65 bits per heavy atom. The smallest absolute Gasteiger partial charge is 0.420 e. The predicted molar refractivity (Wildman–Crippen MR) is 119 cm³/mol. The molecule has 1 unspecified atom stereocenters. The molecule has 1 aliphatic heterocycles. The lowest BCUT2D eigenvalue weighted by atomic mass is 9.83. The zero-order valence-electron chi connectivity index (χ0n) is 19.0. The molecule has 1 N–H and O–H groups in total. The van der Waals surface area contributed by atoms with Crippen LogP contribution in [0.4, 0.5) is 18.0 Å². The molecule has 1 atom stereocenters. The van der Waals surface area contributed by atoms with Crippen molar-refractivity contribution in [1.82, 2.24) is 5.32 Å². The summed E-state index contributed by atoms with van der Waals surface area (Å²) < 4.78 is 60.3. The van der Waals surface area contributed by atoms with Gasteiger partial charge in [-0.05, 0) is 51.1 Å². The fourth-order valence-electron chi connectivity index (χ4n) is 3.33. The summed E-state index contributed by atoms with van der Waals surface area (Å²) in [5, 5.41) is 11.8. The number of benzene rings is 2. The standard InChI is InChI=1S/C25H23F3N2O4/c1-23(2,3)34-22(31)30-24(25(26,27)28)14-20(16-10-12-18(32-4)13-11-16)33-21(19(24)15-29)17-8-6-5-7-9-17/h5-14H,1-4H3,(H,30,31). The molecule has 6 nitrogen and oxygen atoms in total. The largest absolute Gasteiger partial charge is 0.497 e. The Hall–Kier alpha value is -3.93. The Labute approximate surface area is 195 Å². The maximum atomic E-state index is 14.7. The number of nitrogens with zero attached hydrogens (tertiary/aromatic N) is 1. The number of halogens is 3. The minimum atomic E-state index is -5.11. The second-order valence-electron chi connectivity index (χ2n) is 8.45. The summed E-state index contributed by atoms with van der Waals surface area (Å²) in [5.41, 5.74) is -4.58. The molecule has 0 saturated heterocycles. The first-order valence-electron chi connectivity index (χ1n) is 10.2. The Morgan fingerprint density at radius 3 is 2.15 bits per heavy atom. The highest BCUT2D eigenvalue weighted by atomic mass is 19.4. The van der Waals surface area contributed by atoms with Crippen LogP contribution in [-0.2, 0) is 9.47 Å². The van der Waals surface area contributed by atoms with Gasteiger partial charge in [-0.3, -0.25) is 5.32 Å². The van der Waals surface area contributed by atoms with Crippen LogP contribution in [0.3, 0.4) is 0 Å². The maximum absolute atomic E-state index is 14.7. The zero-order valence-corrected chi connectivity index (χ0v) is 19.0. The third kappa shape index (κ3) is 5.01. The van der Waals surface area contributed by atoms with Gasteiger partial charge in [-0.1, -0.05) is 30.3 Å². The molecule has 2 aromatic carbocycles. The highest BCUT2D eigenvalue weighted by Gasteiger charge is 2.61. The molecule has 0 spiro atoms. The van der Waals surface area contributed by atoms with Gasteiger partial charge >= 0.3 is 12.3 Å². The van der Waals surface area contributed by atoms with Crippen LogP contribution in [0.15, 0.2) is 66.2 Å². The van der Waals surface area contributed by atoms with Gasteiger partial charge in [-0.25, -0.2) is 4.79 Å². The number of ether oxygens (including phenoxy) is 3. The highest BCUT2D eigenvalue weighted by Crippen LogP contribution is 2.47. The number of hydrogen-bond acceptors (Lipinski definition) is 5. The second-order valence-corrected chi connectivity index (χ2v) is 8.45. The molecule has 0 saturated carbocycles. The Morgan fingerprint density at radius 1 is 1.03 bits per heavy atom. The molecule has 0 aromatic heterocycles. The highest BCUT2D eigenvalue weighted by molar-refractivity contribution is 5.83. The van der Waals surface area contributed by atoms with Crippen molar-refractivity contribution in [3.63, 3.8) is 0 Å². The molecule has 0 aliphatic carbocycles. The molecule has 178 valence electrons. The molecule has 2 aromatic rings. The Kier molecular flexibility index (Phi) is 6.64. The number of alkyl halides is 3. The van der Waals surface area contributed by atoms with E-state index in [9.17, 15) is 23.2 Å². The van der Waals surface area contributed by atoms with E-state index >= 15 is 0 Å². The molecule has 0 radical (unpaired) electrons. The van der Waals surface area contributed by atoms with Crippen LogP contribution in [0.1, 0.15) is 31.9 Å². The lowest BCUT2D eigenvalue weighted by molar-refractivity contribution is -0.169. The lowest BCUT2D eigenvalue weighted by Gasteiger charge is -2.38. The number of methoxy groups -OCH3 is 1. The summed E-state index contributed by atoms with van der Waals surface area (Å²) in [4.78, 5) is 12.6. The van der Waals surface area contributed by atoms with Gasteiger partial charge < -0.3 is 14.2 Å². The van der Waals surface area contributed by atoms with Crippen molar-refractivity contribution in [2.75, 3.05) is 7.11 Å². The number of carbonyl (C=O) groups is 1. The van der Waals surface area contributed by atoms with Crippen LogP contribution in [0.25, 0.3) is 11.5 Å². The fourth-order valence-corrected chi connectivity index (χ4v) is 3.33. The third-order valence-corrected chi connectivity index (χ3v) is 4.85. The average molecular weight is 472 g/mol. The number of nitriles is 1. The number of amides is 1. The van der Waals surface area contributed by atoms with Crippen molar-refractivity contribution in [2.45, 2.75) is 38.1 Å². The number of nitrogens with one attached hydrogen (secondary N) is 1. The first-order valence-corrected chi connectivity index (χ1v) is 10.2. The van der Waals surface area contributed by atoms with E-state index in [1.807, 2.05) is 5.32 Å². The normalized spacial score (nSPS) is 18.4. The SMILES string of the molecule is COc1ccc(C2=CC(NC(=O)OC(C)(C)C)(C(F)(F)F)C(C#N)=C(c3ccccc3)O2)cc1. The van der Waals surface area contributed by atoms with Crippen molar-refractivity contribution in [1.29, 1.82) is 5.26 Å². The molecule has 1 heterocycles. The van der Waals surface area contributed by atoms with Gasteiger partial charge in [0.05, 0.1) is 7.11 Å². The third-order valence-electron chi connectivity index (χ3n) is 4.85. The summed E-state index contributed by atoms with van der Waals surface area (Å²) in [6, 6.07) is 15.6. The van der Waals surface area contributed by atoms with Gasteiger partial charge in [0.2, 0.25) is 5.54 Å². The minimum absolute atomic E-state index is 0.200. The van der Waals surface area contributed by atoms with E-state index in [0.29, 0.717) is 11.8 Å². The minimum Gasteiger partial charge on any atom is -0.497 e.